The van der Waals surface area contributed by atoms with Crippen LogP contribution in [-0.4, -0.2) is 29.2 Å². The molecule has 2 aromatic rings. The summed E-state index contributed by atoms with van der Waals surface area (Å²) in [6.45, 7) is 0. The van der Waals surface area contributed by atoms with Crippen LogP contribution in [0.25, 0.3) is 0 Å². The molecule has 144 valence electrons. The first-order valence-electron chi connectivity index (χ1n) is 8.43. The molecule has 1 fully saturated rings. The van der Waals surface area contributed by atoms with E-state index in [2.05, 4.69) is 10.3 Å². The van der Waals surface area contributed by atoms with Crippen LogP contribution in [0.1, 0.15) is 40.4 Å². The van der Waals surface area contributed by atoms with E-state index in [9.17, 15) is 23.1 Å². The van der Waals surface area contributed by atoms with Gasteiger partial charge in [-0.05, 0) is 54.7 Å². The van der Waals surface area contributed by atoms with Crippen molar-refractivity contribution in [3.63, 3.8) is 0 Å². The molecule has 8 heteroatoms. The van der Waals surface area contributed by atoms with Crippen LogP contribution in [-0.2, 0) is 6.18 Å². The molecule has 0 aliphatic heterocycles. The van der Waals surface area contributed by atoms with Crippen LogP contribution in [0, 0.1) is 5.92 Å². The Labute approximate surface area is 154 Å². The zero-order chi connectivity index (χ0) is 19.6. The van der Waals surface area contributed by atoms with E-state index in [1.165, 1.54) is 13.3 Å². The van der Waals surface area contributed by atoms with E-state index < -0.39 is 29.8 Å². The zero-order valence-corrected chi connectivity index (χ0v) is 14.5. The van der Waals surface area contributed by atoms with Crippen molar-refractivity contribution >= 4 is 5.91 Å². The van der Waals surface area contributed by atoms with E-state index >= 15 is 0 Å². The van der Waals surface area contributed by atoms with E-state index in [4.69, 9.17) is 4.74 Å². The second kappa shape index (κ2) is 7.56. The number of nitrogens with zero attached hydrogens (tertiary/aromatic N) is 1. The summed E-state index contributed by atoms with van der Waals surface area (Å²) in [6, 6.07) is 5.37. The van der Waals surface area contributed by atoms with Crippen molar-refractivity contribution in [1.82, 2.24) is 10.3 Å². The van der Waals surface area contributed by atoms with Gasteiger partial charge in [-0.2, -0.15) is 13.2 Å². The molecule has 1 heterocycles. The quantitative estimate of drug-likeness (QED) is 0.835. The minimum absolute atomic E-state index is 0.00676. The molecular weight excluding hydrogens is 361 g/mol. The van der Waals surface area contributed by atoms with Gasteiger partial charge in [0, 0.05) is 11.8 Å². The molecule has 0 saturated heterocycles. The normalized spacial score (nSPS) is 20.5. The van der Waals surface area contributed by atoms with Crippen LogP contribution in [0.5, 0.6) is 5.75 Å². The zero-order valence-electron chi connectivity index (χ0n) is 14.5. The Morgan fingerprint density at radius 1 is 1.26 bits per heavy atom. The van der Waals surface area contributed by atoms with Gasteiger partial charge >= 0.3 is 6.18 Å². The number of rotatable bonds is 5. The fourth-order valence-corrected chi connectivity index (χ4v) is 3.13. The monoisotopic (exact) mass is 380 g/mol. The van der Waals surface area contributed by atoms with Gasteiger partial charge in [-0.3, -0.25) is 9.78 Å². The summed E-state index contributed by atoms with van der Waals surface area (Å²) in [6.07, 6.45) is -0.686. The van der Waals surface area contributed by atoms with Crippen molar-refractivity contribution in [2.75, 3.05) is 7.11 Å². The molecule has 27 heavy (non-hydrogen) atoms. The van der Waals surface area contributed by atoms with Crippen LogP contribution >= 0.6 is 0 Å². The van der Waals surface area contributed by atoms with Gasteiger partial charge in [0.15, 0.2) is 0 Å². The molecule has 0 radical (unpaired) electrons. The van der Waals surface area contributed by atoms with E-state index in [0.29, 0.717) is 24.2 Å². The number of hydrogen-bond acceptors (Lipinski definition) is 4. The molecule has 2 N–H and O–H groups in total. The number of alkyl halides is 3. The van der Waals surface area contributed by atoms with Crippen LogP contribution in [0.2, 0.25) is 0 Å². The molecule has 0 spiro atoms. The van der Waals surface area contributed by atoms with Gasteiger partial charge < -0.3 is 15.2 Å². The highest BCUT2D eigenvalue weighted by Gasteiger charge is 2.36. The first-order chi connectivity index (χ1) is 12.8. The van der Waals surface area contributed by atoms with Crippen molar-refractivity contribution in [2.45, 2.75) is 31.2 Å². The summed E-state index contributed by atoms with van der Waals surface area (Å²) in [5.74, 6) is 0.0476. The third kappa shape index (κ3) is 4.39. The van der Waals surface area contributed by atoms with Gasteiger partial charge in [-0.1, -0.05) is 0 Å². The Hall–Kier alpha value is -2.61. The minimum atomic E-state index is -4.45. The lowest BCUT2D eigenvalue weighted by Gasteiger charge is -2.38. The number of pyridine rings is 1. The smallest absolute Gasteiger partial charge is 0.416 e. The maximum Gasteiger partial charge on any atom is 0.416 e. The van der Waals surface area contributed by atoms with Crippen LogP contribution in [0.15, 0.2) is 42.7 Å². The van der Waals surface area contributed by atoms with Crippen molar-refractivity contribution in [3.8, 4) is 5.75 Å². The molecule has 0 unspecified atom stereocenters. The van der Waals surface area contributed by atoms with Crippen molar-refractivity contribution in [1.29, 1.82) is 0 Å². The number of carbonyl (C=O) groups is 1. The number of nitrogens with one attached hydrogen (secondary N) is 1. The number of ether oxygens (including phenoxy) is 1. The topological polar surface area (TPSA) is 71.5 Å². The number of halogens is 3. The highest BCUT2D eigenvalue weighted by atomic mass is 19.4. The molecule has 1 saturated carbocycles. The Bertz CT molecular complexity index is 803. The second-order valence-corrected chi connectivity index (χ2v) is 6.57. The molecule has 1 aromatic carbocycles. The lowest BCUT2D eigenvalue weighted by atomic mass is 9.75. The molecule has 1 atom stereocenters. The number of benzene rings is 1. The SMILES string of the molecule is COc1cncc([C@@H](NC(=O)c2ccc(C(F)(F)F)cc2)C2CC(O)C2)c1. The van der Waals surface area contributed by atoms with Crippen molar-refractivity contribution < 1.29 is 27.8 Å². The molecule has 1 aliphatic carbocycles. The number of aliphatic hydroxyl groups excluding tert-OH is 1. The third-order valence-electron chi connectivity index (χ3n) is 4.71. The minimum Gasteiger partial charge on any atom is -0.495 e. The lowest BCUT2D eigenvalue weighted by molar-refractivity contribution is -0.137. The third-order valence-corrected chi connectivity index (χ3v) is 4.71. The number of methoxy groups -OCH3 is 1. The predicted molar refractivity (Wildman–Crippen MR) is 91.2 cm³/mol. The summed E-state index contributed by atoms with van der Waals surface area (Å²) in [5, 5.41) is 12.5. The summed E-state index contributed by atoms with van der Waals surface area (Å²) in [4.78, 5) is 16.7. The molecule has 1 aromatic heterocycles. The van der Waals surface area contributed by atoms with Gasteiger partial charge in [0.05, 0.1) is 31.0 Å². The predicted octanol–water partition coefficient (Wildman–Crippen LogP) is 3.35. The van der Waals surface area contributed by atoms with Gasteiger partial charge in [0.25, 0.3) is 5.91 Å². The molecule has 0 bridgehead atoms. The Morgan fingerprint density at radius 2 is 1.93 bits per heavy atom. The van der Waals surface area contributed by atoms with Crippen LogP contribution in [0.4, 0.5) is 13.2 Å². The maximum atomic E-state index is 12.7. The van der Waals surface area contributed by atoms with E-state index in [-0.39, 0.29) is 11.5 Å². The van der Waals surface area contributed by atoms with E-state index in [1.807, 2.05) is 0 Å². The highest BCUT2D eigenvalue weighted by Crippen LogP contribution is 2.38. The Balaban J connectivity index is 1.80. The Morgan fingerprint density at radius 3 is 2.48 bits per heavy atom. The number of hydrogen-bond donors (Lipinski definition) is 2. The first kappa shape index (κ1) is 19.2. The summed E-state index contributed by atoms with van der Waals surface area (Å²) >= 11 is 0. The summed E-state index contributed by atoms with van der Waals surface area (Å²) in [7, 11) is 1.50. The first-order valence-corrected chi connectivity index (χ1v) is 8.43. The van der Waals surface area contributed by atoms with E-state index in [1.54, 1.807) is 12.3 Å². The second-order valence-electron chi connectivity index (χ2n) is 6.57. The molecular formula is C19H19F3N2O3. The van der Waals surface area contributed by atoms with Gasteiger partial charge in [-0.25, -0.2) is 0 Å². The van der Waals surface area contributed by atoms with Crippen molar-refractivity contribution in [2.24, 2.45) is 5.92 Å². The van der Waals surface area contributed by atoms with E-state index in [0.717, 1.165) is 24.3 Å². The van der Waals surface area contributed by atoms with Crippen molar-refractivity contribution in [3.05, 3.63) is 59.4 Å². The standard InChI is InChI=1S/C19H19F3N2O3/c1-27-16-8-13(9-23-10-16)17(12-6-15(25)7-12)24-18(26)11-2-4-14(5-3-11)19(20,21)22/h2-5,8-10,12,15,17,25H,6-7H2,1H3,(H,24,26)/t12?,15?,17-/m0/s1. The highest BCUT2D eigenvalue weighted by molar-refractivity contribution is 5.94. The fraction of sp³-hybridized carbons (Fsp3) is 0.368. The molecule has 1 aliphatic rings. The average Bonchev–Trinajstić information content (AvgIpc) is 2.63. The Kier molecular flexibility index (Phi) is 5.36. The fourth-order valence-electron chi connectivity index (χ4n) is 3.13. The van der Waals surface area contributed by atoms with Crippen LogP contribution in [0.3, 0.4) is 0 Å². The van der Waals surface area contributed by atoms with Gasteiger partial charge in [0.2, 0.25) is 0 Å². The average molecular weight is 380 g/mol. The number of carbonyl (C=O) groups excluding carboxylic acids is 1. The number of aliphatic hydroxyl groups is 1. The maximum absolute atomic E-state index is 12.7. The number of amides is 1. The van der Waals surface area contributed by atoms with Gasteiger partial charge in [-0.15, -0.1) is 0 Å². The molecule has 5 nitrogen and oxygen atoms in total. The molecule has 3 rings (SSSR count). The van der Waals surface area contributed by atoms with Gasteiger partial charge in [0.1, 0.15) is 5.75 Å². The molecule has 1 amide bonds. The van der Waals surface area contributed by atoms with Crippen LogP contribution < -0.4 is 10.1 Å². The summed E-state index contributed by atoms with van der Waals surface area (Å²) < 4.78 is 43.2. The largest absolute Gasteiger partial charge is 0.495 e. The summed E-state index contributed by atoms with van der Waals surface area (Å²) in [5.41, 5.74) is 0.0324. The lowest BCUT2D eigenvalue weighted by Crippen LogP contribution is -2.41. The number of aromatic nitrogens is 1.